The van der Waals surface area contributed by atoms with Crippen LogP contribution >= 0.6 is 0 Å². The average Bonchev–Trinajstić information content (AvgIpc) is 1.35. The summed E-state index contributed by atoms with van der Waals surface area (Å²) in [6.45, 7) is 1.92. The van der Waals surface area contributed by atoms with Crippen LogP contribution in [0.1, 0.15) is 235 Å². The number of nitrogens with one attached hydrogen (secondary N) is 4. The zero-order chi connectivity index (χ0) is 98.9. The summed E-state index contributed by atoms with van der Waals surface area (Å²) in [5.74, 6) is -17.4. The van der Waals surface area contributed by atoms with E-state index in [1.807, 2.05) is 0 Å². The molecule has 0 saturated heterocycles. The van der Waals surface area contributed by atoms with Crippen LogP contribution in [-0.4, -0.2) is 171 Å². The van der Waals surface area contributed by atoms with Gasteiger partial charge in [-0.05, 0) is 416 Å². The number of amides is 4. The maximum Gasteiger partial charge on any atom is 0.326 e. The molecule has 5 aliphatic carbocycles. The Morgan fingerprint density at radius 1 is 0.193 bits per heavy atom. The van der Waals surface area contributed by atoms with Gasteiger partial charge in [0.2, 0.25) is 23.6 Å². The van der Waals surface area contributed by atoms with E-state index < -0.39 is 282 Å². The molecule has 0 unspecified atom stereocenters. The molecule has 0 heterocycles. The lowest BCUT2D eigenvalue weighted by Crippen LogP contribution is -2.54. The number of carbonyl (C=O) groups excluding carboxylic acids is 6. The van der Waals surface area contributed by atoms with Gasteiger partial charge in [-0.25, -0.2) is 0 Å². The summed E-state index contributed by atoms with van der Waals surface area (Å²) in [5.41, 5.74) is -8.24. The molecule has 720 valence electrons. The third-order valence-corrected chi connectivity index (χ3v) is 39.0. The highest BCUT2D eigenvalue weighted by atomic mass is 16.6. The number of carbonyl (C=O) groups is 15. The molecule has 5 aliphatic rings. The molecule has 4 amide bonds. The summed E-state index contributed by atoms with van der Waals surface area (Å²) >= 11 is 0. The lowest BCUT2D eigenvalue weighted by atomic mass is 9.68. The van der Waals surface area contributed by atoms with Crippen molar-refractivity contribution < 1.29 is 127 Å². The quantitative estimate of drug-likeness (QED) is 0.00729. The van der Waals surface area contributed by atoms with E-state index in [4.69, 9.17) is 9.47 Å². The first-order valence-corrected chi connectivity index (χ1v) is 51.1. The number of rotatable bonds is 53. The predicted molar refractivity (Wildman–Crippen MR) is 544 cm³/mol. The van der Waals surface area contributed by atoms with Gasteiger partial charge >= 0.3 is 65.7 Å². The molecular weight excluding hydrogens is 1850 g/mol. The molecule has 1 fully saturated rings. The van der Waals surface area contributed by atoms with Gasteiger partial charge in [-0.3, -0.25) is 71.9 Å². The summed E-state index contributed by atoms with van der Waals surface area (Å²) in [4.78, 5) is 208. The van der Waals surface area contributed by atoms with Gasteiger partial charge in [0.25, 0.3) is 0 Å². The fraction of sp³-hybridized carbons (Fsp3) is 0.365. The van der Waals surface area contributed by atoms with E-state index in [9.17, 15) is 89.1 Å². The molecule has 28 aromatic rings. The number of unbranched alkanes of at least 4 members (excludes halogenated alkanes) is 5. The Kier molecular flexibility index (Phi) is 14.7. The third-order valence-electron chi connectivity index (χ3n) is 39.0. The third kappa shape index (κ3) is 8.44. The van der Waals surface area contributed by atoms with Crippen molar-refractivity contribution in [2.75, 3.05) is 13.2 Å². The highest BCUT2D eigenvalue weighted by molar-refractivity contribution is 6.83. The van der Waals surface area contributed by atoms with E-state index in [1.165, 1.54) is 248 Å². The van der Waals surface area contributed by atoms with Crippen LogP contribution in [0.4, 0.5) is 0 Å². The molecule has 145 heavy (non-hydrogen) atoms. The maximum absolute atomic E-state index is 18.3. The molecule has 33 rings (SSSR count). The van der Waals surface area contributed by atoms with Crippen molar-refractivity contribution in [3.8, 4) is 0 Å². The van der Waals surface area contributed by atoms with Crippen molar-refractivity contribution in [1.82, 2.24) is 21.3 Å². The van der Waals surface area contributed by atoms with E-state index in [-0.39, 0.29) is 38.9 Å². The van der Waals surface area contributed by atoms with Crippen molar-refractivity contribution >= 4 is 380 Å². The lowest BCUT2D eigenvalue weighted by molar-refractivity contribution is -0.167. The average molecular weight is 1940 g/mol. The highest BCUT2D eigenvalue weighted by Gasteiger charge is 3.01. The van der Waals surface area contributed by atoms with Gasteiger partial charge in [-0.1, -0.05) is 26.2 Å². The topological polar surface area (TPSA) is 505 Å². The molecule has 0 bridgehead atoms. The molecule has 28 aromatic carbocycles. The van der Waals surface area contributed by atoms with Crippen LogP contribution in [0, 0.1) is 5.41 Å². The van der Waals surface area contributed by atoms with E-state index in [0.717, 1.165) is 84.6 Å². The van der Waals surface area contributed by atoms with Crippen LogP contribution < -0.4 is 21.3 Å². The van der Waals surface area contributed by atoms with Crippen molar-refractivity contribution in [3.05, 3.63) is 22.3 Å². The predicted octanol–water partition coefficient (Wildman–Crippen LogP) is 20.1. The van der Waals surface area contributed by atoms with Gasteiger partial charge in [0.15, 0.2) is 5.41 Å². The van der Waals surface area contributed by atoms with Crippen LogP contribution in [0.5, 0.6) is 0 Å². The number of benzene rings is 18. The Hall–Kier alpha value is -15.5. The number of esters is 2. The SMILES string of the molecule is CCCCCCOC(=O)C1(C(=O)OCCCCCC(=O)NC(CCC(=O)NC(CCC(=O)O)(CCC(=O)O)CCC(=O)O)(CCC(=O)NC(CCC(=O)O)(CCC(=O)O)CCC(=O)O)CCC(=O)NC(CCC(=O)O)(CCC(=O)O)CCC(=O)O)C23c4c5c6c7c8c9c(c%10c%11c2c2c4c4c%12c5c5c6c6c8c8c%13c9c9c%10c%10c%11c%11c2c2c4c4c%12c%12c5c5c6c8c6c8c%13c9c9c%10c%10c%11c2c2c4c4c%12c5c6c5c8c9c%10c2c45)C713. The van der Waals surface area contributed by atoms with Gasteiger partial charge in [0.1, 0.15) is 0 Å². The van der Waals surface area contributed by atoms with Crippen molar-refractivity contribution in [2.24, 2.45) is 5.41 Å². The minimum atomic E-state index is -2.10. The molecule has 13 N–H and O–H groups in total. The van der Waals surface area contributed by atoms with Crippen LogP contribution in [0.25, 0.3) is 291 Å². The summed E-state index contributed by atoms with van der Waals surface area (Å²) in [6.07, 6.45) is -11.2. The molecular formula is C115H84N4O26. The number of hydrogen-bond donors (Lipinski definition) is 13. The van der Waals surface area contributed by atoms with E-state index in [2.05, 4.69) is 28.2 Å². The molecule has 0 aliphatic heterocycles. The zero-order valence-electron chi connectivity index (χ0n) is 78.0. The van der Waals surface area contributed by atoms with Gasteiger partial charge in [0, 0.05) is 106 Å². The largest absolute Gasteiger partial charge is 0.481 e. The Morgan fingerprint density at radius 2 is 0.338 bits per heavy atom. The van der Waals surface area contributed by atoms with Gasteiger partial charge in [-0.2, -0.15) is 0 Å². The van der Waals surface area contributed by atoms with Crippen LogP contribution in [0.15, 0.2) is 0 Å². The standard InChI is InChI=1S/C115H84N4O26/c1-2-3-4-7-34-144-107(142)115(108(143)145-35-8-5-6-9-36(120)116-109(22-10-37(121)117-110(25-13-40(124)125,26-14-41(126)127)27-15-42(128)129,23-11-38(122)118-111(28-16-43(130)131,29-17-44(132)133)30-18-45(134)135)24-12-39(123)119-112(31-19-46(136)137,32-20-47(138)139)33-21-48(140)141)113-103-95-87-77-67-59-51-49-50-53-57-55(51)63-71-65(57)75-69-61(53)62-54(50)58-56-52(49)60(59)68-74-64(56)72-66(58)76-70(62)80-79(69)89-83(75)93-85(71)91(81(87)73(63)67)99(103)101(93)105-97(89)98-90(80)84(76)94-86(72)92-82(74)88(78(68)77)96(95)104(113)100(92)102(94)106(98)114(105,113)115/h2-35H2,1H3,(H,116,120)(H,117,121)(H,118,122)(H,119,123)(H,124,125)(H,126,127)(H,128,129)(H,130,131)(H,132,133)(H,134,135)(H,136,137)(H,138,139)(H,140,141). The maximum atomic E-state index is 18.3. The fourth-order valence-electron chi connectivity index (χ4n) is 34.8. The first kappa shape index (κ1) is 83.0. The van der Waals surface area contributed by atoms with Crippen molar-refractivity contribution in [2.45, 2.75) is 245 Å². The number of carboxylic acid groups (broad SMARTS) is 9. The lowest BCUT2D eigenvalue weighted by Gasteiger charge is -2.39. The second kappa shape index (κ2) is 25.6. The molecule has 30 heteroatoms. The van der Waals surface area contributed by atoms with Crippen molar-refractivity contribution in [1.29, 1.82) is 0 Å². The van der Waals surface area contributed by atoms with Crippen molar-refractivity contribution in [3.63, 3.8) is 0 Å². The summed E-state index contributed by atoms with van der Waals surface area (Å²) in [5, 5.41) is 172. The molecule has 30 nitrogen and oxygen atoms in total. The van der Waals surface area contributed by atoms with Gasteiger partial charge in [-0.15, -0.1) is 0 Å². The zero-order valence-corrected chi connectivity index (χ0v) is 78.0. The smallest absolute Gasteiger partial charge is 0.326 e. The monoisotopic (exact) mass is 1940 g/mol. The molecule has 1 saturated carbocycles. The number of hydrogen-bond acceptors (Lipinski definition) is 17. The first-order valence-electron chi connectivity index (χ1n) is 51.1. The van der Waals surface area contributed by atoms with E-state index >= 15 is 28.8 Å². The summed E-state index contributed by atoms with van der Waals surface area (Å²) in [7, 11) is 0. The molecule has 0 atom stereocenters. The first-order chi connectivity index (χ1) is 69.8. The minimum Gasteiger partial charge on any atom is -0.481 e. The van der Waals surface area contributed by atoms with E-state index in [0.29, 0.717) is 6.42 Å². The Labute approximate surface area is 810 Å². The minimum absolute atomic E-state index is 0.0267. The van der Waals surface area contributed by atoms with Gasteiger partial charge < -0.3 is 76.7 Å². The highest BCUT2D eigenvalue weighted by Crippen LogP contribution is 2.97. The summed E-state index contributed by atoms with van der Waals surface area (Å²) < 4.78 is 14.4. The van der Waals surface area contributed by atoms with Crippen LogP contribution in [0.3, 0.4) is 0 Å². The Balaban J connectivity index is 0.529. The Morgan fingerprint density at radius 3 is 0.497 bits per heavy atom. The van der Waals surface area contributed by atoms with Crippen LogP contribution in [-0.2, 0) is 92.2 Å². The van der Waals surface area contributed by atoms with Gasteiger partial charge in [0.05, 0.1) is 24.0 Å². The second-order valence-corrected chi connectivity index (χ2v) is 45.0. The molecule has 0 aromatic heterocycles. The Bertz CT molecular complexity index is 9340. The summed E-state index contributed by atoms with van der Waals surface area (Å²) in [6, 6.07) is 0. The second-order valence-electron chi connectivity index (χ2n) is 45.0. The number of aliphatic carboxylic acids is 9. The number of carboxylic acids is 9. The molecule has 2 spiro atoms. The fourth-order valence-corrected chi connectivity index (χ4v) is 34.8. The normalized spacial score (nSPS) is 17.9. The van der Waals surface area contributed by atoms with E-state index in [1.54, 1.807) is 0 Å². The molecule has 0 radical (unpaired) electrons. The number of ether oxygens (including phenoxy) is 2. The van der Waals surface area contributed by atoms with Crippen LogP contribution in [0.2, 0.25) is 0 Å².